The number of hydrogen-bond donors (Lipinski definition) is 1. The van der Waals surface area contributed by atoms with Gasteiger partial charge in [0.25, 0.3) is 0 Å². The average Bonchev–Trinajstić information content (AvgIpc) is 2.28. The van der Waals surface area contributed by atoms with Crippen molar-refractivity contribution in [1.82, 2.24) is 9.97 Å². The molecule has 3 nitrogen and oxygen atoms in total. The molecule has 0 aliphatic carbocycles. The van der Waals surface area contributed by atoms with E-state index in [1.165, 1.54) is 18.3 Å². The topological polar surface area (TPSA) is 46.0 Å². The van der Waals surface area contributed by atoms with Crippen molar-refractivity contribution in [3.63, 3.8) is 0 Å². The van der Waals surface area contributed by atoms with Crippen molar-refractivity contribution in [2.24, 2.45) is 0 Å². The lowest BCUT2D eigenvalue weighted by Crippen LogP contribution is -2.07. The molecule has 0 unspecified atom stereocenters. The maximum atomic E-state index is 12.7. The normalized spacial score (nSPS) is 11.5. The zero-order valence-electron chi connectivity index (χ0n) is 8.44. The van der Waals surface area contributed by atoms with Crippen LogP contribution in [0.4, 0.5) is 13.2 Å². The van der Waals surface area contributed by atoms with E-state index in [1.807, 2.05) is 0 Å². The van der Waals surface area contributed by atoms with Crippen LogP contribution in [0.25, 0.3) is 11.3 Å². The number of aromatic hydroxyl groups is 1. The number of aromatic nitrogens is 2. The van der Waals surface area contributed by atoms with E-state index in [2.05, 4.69) is 9.97 Å². The van der Waals surface area contributed by atoms with Crippen LogP contribution in [0.1, 0.15) is 5.56 Å². The molecular weight excluding hydrogens is 233 g/mol. The zero-order chi connectivity index (χ0) is 12.5. The lowest BCUT2D eigenvalue weighted by Gasteiger charge is -2.12. The first-order valence-electron chi connectivity index (χ1n) is 4.65. The Morgan fingerprint density at radius 2 is 1.88 bits per heavy atom. The first-order valence-corrected chi connectivity index (χ1v) is 4.65. The van der Waals surface area contributed by atoms with Crippen LogP contribution in [0.15, 0.2) is 36.8 Å². The molecule has 88 valence electrons. The Labute approximate surface area is 94.6 Å². The Morgan fingerprint density at radius 3 is 2.53 bits per heavy atom. The molecule has 0 atom stereocenters. The lowest BCUT2D eigenvalue weighted by molar-refractivity contribution is -0.137. The fourth-order valence-corrected chi connectivity index (χ4v) is 1.43. The number of hydrogen-bond acceptors (Lipinski definition) is 3. The van der Waals surface area contributed by atoms with Gasteiger partial charge in [-0.05, 0) is 18.2 Å². The van der Waals surface area contributed by atoms with E-state index in [0.717, 1.165) is 18.5 Å². The average molecular weight is 240 g/mol. The molecule has 0 fully saturated rings. The van der Waals surface area contributed by atoms with Gasteiger partial charge >= 0.3 is 6.18 Å². The molecule has 1 N–H and O–H groups in total. The third kappa shape index (κ3) is 2.20. The number of nitrogens with zero attached hydrogens (tertiary/aromatic N) is 2. The molecular formula is C11H7F3N2O. The van der Waals surface area contributed by atoms with Gasteiger partial charge in [0.1, 0.15) is 11.4 Å². The molecule has 2 heterocycles. The fraction of sp³-hybridized carbons (Fsp3) is 0.0909. The predicted molar refractivity (Wildman–Crippen MR) is 54.1 cm³/mol. The van der Waals surface area contributed by atoms with Gasteiger partial charge in [0.15, 0.2) is 0 Å². The van der Waals surface area contributed by atoms with E-state index in [0.29, 0.717) is 0 Å². The third-order valence-corrected chi connectivity index (χ3v) is 2.17. The van der Waals surface area contributed by atoms with E-state index in [1.54, 1.807) is 0 Å². The van der Waals surface area contributed by atoms with Crippen molar-refractivity contribution in [2.45, 2.75) is 6.18 Å². The number of pyridine rings is 2. The Balaban J connectivity index is 2.65. The smallest absolute Gasteiger partial charge is 0.417 e. The Kier molecular flexibility index (Phi) is 2.71. The van der Waals surface area contributed by atoms with Crippen molar-refractivity contribution in [2.75, 3.05) is 0 Å². The molecule has 2 aromatic heterocycles. The van der Waals surface area contributed by atoms with Crippen LogP contribution in [0, 0.1) is 0 Å². The molecule has 0 spiro atoms. The maximum Gasteiger partial charge on any atom is 0.417 e. The zero-order valence-corrected chi connectivity index (χ0v) is 8.44. The third-order valence-electron chi connectivity index (χ3n) is 2.17. The summed E-state index contributed by atoms with van der Waals surface area (Å²) in [6, 6.07) is 3.56. The standard InChI is InChI=1S/C11H7F3N2O/c12-11(13,14)8-3-5-15-6-7(8)10-9(17)2-1-4-16-10/h1-6,17H. The van der Waals surface area contributed by atoms with Crippen LogP contribution in [-0.2, 0) is 6.18 Å². The van der Waals surface area contributed by atoms with Crippen molar-refractivity contribution in [3.8, 4) is 17.0 Å². The predicted octanol–water partition coefficient (Wildman–Crippen LogP) is 2.87. The van der Waals surface area contributed by atoms with Crippen LogP contribution in [-0.4, -0.2) is 15.1 Å². The molecule has 0 saturated carbocycles. The summed E-state index contributed by atoms with van der Waals surface area (Å²) in [7, 11) is 0. The van der Waals surface area contributed by atoms with Crippen molar-refractivity contribution < 1.29 is 18.3 Å². The molecule has 0 aromatic carbocycles. The molecule has 6 heteroatoms. The van der Waals surface area contributed by atoms with Crippen LogP contribution in [0.3, 0.4) is 0 Å². The monoisotopic (exact) mass is 240 g/mol. The van der Waals surface area contributed by atoms with Gasteiger partial charge in [0.2, 0.25) is 0 Å². The summed E-state index contributed by atoms with van der Waals surface area (Å²) in [4.78, 5) is 7.36. The van der Waals surface area contributed by atoms with Gasteiger partial charge in [0, 0.05) is 24.2 Å². The molecule has 0 radical (unpaired) electrons. The van der Waals surface area contributed by atoms with Gasteiger partial charge in [-0.2, -0.15) is 13.2 Å². The lowest BCUT2D eigenvalue weighted by atomic mass is 10.1. The summed E-state index contributed by atoms with van der Waals surface area (Å²) >= 11 is 0. The van der Waals surface area contributed by atoms with Crippen LogP contribution in [0.5, 0.6) is 5.75 Å². The molecule has 2 rings (SSSR count). The van der Waals surface area contributed by atoms with E-state index < -0.39 is 11.7 Å². The molecule has 2 aromatic rings. The highest BCUT2D eigenvalue weighted by Crippen LogP contribution is 2.38. The molecule has 0 bridgehead atoms. The minimum Gasteiger partial charge on any atom is -0.506 e. The van der Waals surface area contributed by atoms with Gasteiger partial charge in [-0.3, -0.25) is 9.97 Å². The second-order valence-corrected chi connectivity index (χ2v) is 3.29. The van der Waals surface area contributed by atoms with Crippen LogP contribution in [0.2, 0.25) is 0 Å². The van der Waals surface area contributed by atoms with Gasteiger partial charge in [-0.1, -0.05) is 0 Å². The Morgan fingerprint density at radius 1 is 1.12 bits per heavy atom. The minimum absolute atomic E-state index is 0.132. The quantitative estimate of drug-likeness (QED) is 0.833. The molecule has 0 aliphatic heterocycles. The van der Waals surface area contributed by atoms with Gasteiger partial charge in [-0.25, -0.2) is 0 Å². The summed E-state index contributed by atoms with van der Waals surface area (Å²) in [5, 5.41) is 9.50. The summed E-state index contributed by atoms with van der Waals surface area (Å²) in [6.07, 6.45) is -1.12. The fourth-order valence-electron chi connectivity index (χ4n) is 1.43. The second-order valence-electron chi connectivity index (χ2n) is 3.29. The maximum absolute atomic E-state index is 12.7. The molecule has 0 saturated heterocycles. The second kappa shape index (κ2) is 4.04. The summed E-state index contributed by atoms with van der Waals surface area (Å²) < 4.78 is 38.2. The number of rotatable bonds is 1. The summed E-state index contributed by atoms with van der Waals surface area (Å²) in [6.45, 7) is 0. The van der Waals surface area contributed by atoms with E-state index >= 15 is 0 Å². The van der Waals surface area contributed by atoms with Crippen molar-refractivity contribution >= 4 is 0 Å². The van der Waals surface area contributed by atoms with Crippen LogP contribution >= 0.6 is 0 Å². The van der Waals surface area contributed by atoms with E-state index in [9.17, 15) is 18.3 Å². The Hall–Kier alpha value is -2.11. The molecule has 17 heavy (non-hydrogen) atoms. The van der Waals surface area contributed by atoms with Gasteiger partial charge in [0.05, 0.1) is 5.56 Å². The molecule has 0 aliphatic rings. The summed E-state index contributed by atoms with van der Waals surface area (Å²) in [5.74, 6) is -0.314. The van der Waals surface area contributed by atoms with Crippen LogP contribution < -0.4 is 0 Å². The largest absolute Gasteiger partial charge is 0.506 e. The van der Waals surface area contributed by atoms with Gasteiger partial charge in [-0.15, -0.1) is 0 Å². The first kappa shape index (κ1) is 11.4. The van der Waals surface area contributed by atoms with E-state index in [-0.39, 0.29) is 17.0 Å². The SMILES string of the molecule is Oc1cccnc1-c1cnccc1C(F)(F)F. The summed E-state index contributed by atoms with van der Waals surface area (Å²) in [5.41, 5.74) is -1.24. The minimum atomic E-state index is -4.51. The Bertz CT molecular complexity index is 540. The van der Waals surface area contributed by atoms with Gasteiger partial charge < -0.3 is 5.11 Å². The first-order chi connectivity index (χ1) is 8.00. The highest BCUT2D eigenvalue weighted by atomic mass is 19.4. The van der Waals surface area contributed by atoms with Crippen molar-refractivity contribution in [1.29, 1.82) is 0 Å². The highest BCUT2D eigenvalue weighted by Gasteiger charge is 2.34. The number of halogens is 3. The van der Waals surface area contributed by atoms with Crippen molar-refractivity contribution in [3.05, 3.63) is 42.4 Å². The molecule has 0 amide bonds. The highest BCUT2D eigenvalue weighted by molar-refractivity contribution is 5.68. The van der Waals surface area contributed by atoms with E-state index in [4.69, 9.17) is 0 Å². The number of alkyl halides is 3.